The van der Waals surface area contributed by atoms with E-state index in [0.29, 0.717) is 11.5 Å². The van der Waals surface area contributed by atoms with Crippen molar-refractivity contribution in [3.63, 3.8) is 0 Å². The average molecular weight is 461 g/mol. The van der Waals surface area contributed by atoms with Gasteiger partial charge in [0.2, 0.25) is 0 Å². The van der Waals surface area contributed by atoms with Crippen LogP contribution in [0.5, 0.6) is 0 Å². The Labute approximate surface area is 179 Å². The second-order valence-corrected chi connectivity index (χ2v) is 7.93. The predicted molar refractivity (Wildman–Crippen MR) is 114 cm³/mol. The molecule has 0 spiro atoms. The van der Waals surface area contributed by atoms with Crippen LogP contribution in [0.4, 0.5) is 0 Å². The van der Waals surface area contributed by atoms with E-state index in [4.69, 9.17) is 4.74 Å². The van der Waals surface area contributed by atoms with Crippen LogP contribution in [0.1, 0.15) is 42.2 Å². The molecule has 0 saturated carbocycles. The number of hydrogen-bond acceptors (Lipinski definition) is 4. The molecule has 2 N–H and O–H groups in total. The quantitative estimate of drug-likeness (QED) is 0.559. The molecule has 6 nitrogen and oxygen atoms in total. The third kappa shape index (κ3) is 8.07. The molecule has 2 rings (SSSR count). The van der Waals surface area contributed by atoms with Crippen molar-refractivity contribution >= 4 is 33.7 Å². The molecule has 2 amide bonds. The molecule has 7 heteroatoms. The first-order chi connectivity index (χ1) is 13.8. The fourth-order valence-corrected chi connectivity index (χ4v) is 2.99. The molecule has 2 aromatic carbocycles. The van der Waals surface area contributed by atoms with Crippen LogP contribution < -0.4 is 10.6 Å². The third-order valence-electron chi connectivity index (χ3n) is 4.11. The molecule has 0 aliphatic rings. The Morgan fingerprint density at radius 3 is 2.28 bits per heavy atom. The summed E-state index contributed by atoms with van der Waals surface area (Å²) in [6.45, 7) is 3.46. The van der Waals surface area contributed by atoms with E-state index in [1.807, 2.05) is 30.3 Å². The normalized spacial score (nSPS) is 11.6. The molecule has 0 saturated heterocycles. The van der Waals surface area contributed by atoms with Crippen LogP contribution in [0.15, 0.2) is 59.1 Å². The molecule has 0 bridgehead atoms. The minimum Gasteiger partial charge on any atom is -0.454 e. The van der Waals surface area contributed by atoms with Gasteiger partial charge >= 0.3 is 5.97 Å². The van der Waals surface area contributed by atoms with E-state index in [9.17, 15) is 14.4 Å². The number of ether oxygens (including phenoxy) is 1. The first kappa shape index (κ1) is 22.6. The summed E-state index contributed by atoms with van der Waals surface area (Å²) in [7, 11) is 0. The molecule has 2 aromatic rings. The topological polar surface area (TPSA) is 84.5 Å². The number of carbonyl (C=O) groups excluding carboxylic acids is 3. The van der Waals surface area contributed by atoms with Crippen molar-refractivity contribution in [2.45, 2.75) is 26.3 Å². The Hall–Kier alpha value is -2.67. The van der Waals surface area contributed by atoms with E-state index in [0.717, 1.165) is 16.5 Å². The Bertz CT molecular complexity index is 822. The second-order valence-electron chi connectivity index (χ2n) is 7.01. The molecule has 0 radical (unpaired) electrons. The molecule has 0 aromatic heterocycles. The van der Waals surface area contributed by atoms with Crippen molar-refractivity contribution in [2.75, 3.05) is 13.2 Å². The third-order valence-corrected chi connectivity index (χ3v) is 4.64. The summed E-state index contributed by atoms with van der Waals surface area (Å²) >= 11 is 3.29. The van der Waals surface area contributed by atoms with Crippen LogP contribution in [0.25, 0.3) is 0 Å². The molecular weight excluding hydrogens is 436 g/mol. The number of benzene rings is 2. The Morgan fingerprint density at radius 2 is 1.66 bits per heavy atom. The van der Waals surface area contributed by atoms with E-state index < -0.39 is 12.6 Å². The van der Waals surface area contributed by atoms with Crippen molar-refractivity contribution in [1.82, 2.24) is 10.6 Å². The fourth-order valence-electron chi connectivity index (χ4n) is 2.72. The van der Waals surface area contributed by atoms with Crippen LogP contribution >= 0.6 is 15.9 Å². The van der Waals surface area contributed by atoms with Gasteiger partial charge in [0.05, 0.1) is 6.04 Å². The van der Waals surface area contributed by atoms with Gasteiger partial charge in [-0.25, -0.2) is 0 Å². The Balaban J connectivity index is 1.78. The van der Waals surface area contributed by atoms with Gasteiger partial charge < -0.3 is 15.4 Å². The molecule has 1 atom stereocenters. The Morgan fingerprint density at radius 1 is 1.00 bits per heavy atom. The minimum absolute atomic E-state index is 0.153. The van der Waals surface area contributed by atoms with Crippen LogP contribution in [-0.4, -0.2) is 30.9 Å². The summed E-state index contributed by atoms with van der Waals surface area (Å²) in [6.07, 6.45) is 0.771. The summed E-state index contributed by atoms with van der Waals surface area (Å²) < 4.78 is 5.83. The standard InChI is InChI=1S/C22H25BrN2O4/c1-15(2)12-19(16-6-4-3-5-7-16)25-20(26)14-29-21(27)13-24-22(28)17-8-10-18(23)11-9-17/h3-11,15,19H,12-14H2,1-2H3,(H,24,28)(H,25,26). The van der Waals surface area contributed by atoms with Gasteiger partial charge in [-0.2, -0.15) is 0 Å². The van der Waals surface area contributed by atoms with Gasteiger partial charge in [0.15, 0.2) is 6.61 Å². The summed E-state index contributed by atoms with van der Waals surface area (Å²) in [5.41, 5.74) is 1.43. The number of rotatable bonds is 9. The maximum atomic E-state index is 12.2. The van der Waals surface area contributed by atoms with Crippen LogP contribution in [0.2, 0.25) is 0 Å². The van der Waals surface area contributed by atoms with E-state index in [1.54, 1.807) is 24.3 Å². The lowest BCUT2D eigenvalue weighted by molar-refractivity contribution is -0.147. The van der Waals surface area contributed by atoms with Gasteiger partial charge in [-0.15, -0.1) is 0 Å². The zero-order chi connectivity index (χ0) is 21.2. The van der Waals surface area contributed by atoms with Gasteiger partial charge in [0.25, 0.3) is 11.8 Å². The lowest BCUT2D eigenvalue weighted by Crippen LogP contribution is -2.35. The van der Waals surface area contributed by atoms with Crippen molar-refractivity contribution in [3.05, 3.63) is 70.2 Å². The van der Waals surface area contributed by atoms with Gasteiger partial charge in [0, 0.05) is 10.0 Å². The van der Waals surface area contributed by atoms with Crippen molar-refractivity contribution in [3.8, 4) is 0 Å². The number of amides is 2. The number of halogens is 1. The summed E-state index contributed by atoms with van der Waals surface area (Å²) in [6, 6.07) is 16.3. The predicted octanol–water partition coefficient (Wildman–Crippen LogP) is 3.63. The van der Waals surface area contributed by atoms with E-state index in [2.05, 4.69) is 40.4 Å². The molecule has 29 heavy (non-hydrogen) atoms. The van der Waals surface area contributed by atoms with Crippen molar-refractivity contribution in [2.24, 2.45) is 5.92 Å². The molecule has 0 fully saturated rings. The molecular formula is C22H25BrN2O4. The first-order valence-electron chi connectivity index (χ1n) is 9.39. The highest BCUT2D eigenvalue weighted by molar-refractivity contribution is 9.10. The van der Waals surface area contributed by atoms with Crippen LogP contribution in [0, 0.1) is 5.92 Å². The molecule has 1 unspecified atom stereocenters. The first-order valence-corrected chi connectivity index (χ1v) is 10.2. The molecule has 0 heterocycles. The largest absolute Gasteiger partial charge is 0.454 e. The molecule has 0 aliphatic heterocycles. The van der Waals surface area contributed by atoms with Crippen LogP contribution in [0.3, 0.4) is 0 Å². The lowest BCUT2D eigenvalue weighted by Gasteiger charge is -2.21. The zero-order valence-corrected chi connectivity index (χ0v) is 18.1. The number of carbonyl (C=O) groups is 3. The van der Waals surface area contributed by atoms with E-state index in [-0.39, 0.29) is 24.4 Å². The maximum absolute atomic E-state index is 12.2. The lowest BCUT2D eigenvalue weighted by atomic mass is 9.97. The monoisotopic (exact) mass is 460 g/mol. The highest BCUT2D eigenvalue weighted by atomic mass is 79.9. The SMILES string of the molecule is CC(C)CC(NC(=O)COC(=O)CNC(=O)c1ccc(Br)cc1)c1ccccc1. The van der Waals surface area contributed by atoms with Gasteiger partial charge in [0.1, 0.15) is 6.54 Å². The highest BCUT2D eigenvalue weighted by Crippen LogP contribution is 2.20. The zero-order valence-electron chi connectivity index (χ0n) is 16.5. The molecule has 0 aliphatic carbocycles. The smallest absolute Gasteiger partial charge is 0.325 e. The summed E-state index contributed by atoms with van der Waals surface area (Å²) in [5, 5.41) is 5.38. The van der Waals surface area contributed by atoms with Crippen molar-refractivity contribution in [1.29, 1.82) is 0 Å². The van der Waals surface area contributed by atoms with Crippen molar-refractivity contribution < 1.29 is 19.1 Å². The second kappa shape index (κ2) is 11.4. The molecule has 154 valence electrons. The maximum Gasteiger partial charge on any atom is 0.325 e. The van der Waals surface area contributed by atoms with E-state index >= 15 is 0 Å². The van der Waals surface area contributed by atoms with E-state index in [1.165, 1.54) is 0 Å². The van der Waals surface area contributed by atoms with Gasteiger partial charge in [-0.1, -0.05) is 60.1 Å². The minimum atomic E-state index is -0.675. The fraction of sp³-hybridized carbons (Fsp3) is 0.318. The number of hydrogen-bond donors (Lipinski definition) is 2. The van der Waals surface area contributed by atoms with Gasteiger partial charge in [-0.05, 0) is 42.2 Å². The number of nitrogens with one attached hydrogen (secondary N) is 2. The van der Waals surface area contributed by atoms with Crippen LogP contribution in [-0.2, 0) is 14.3 Å². The summed E-state index contributed by atoms with van der Waals surface area (Å²) in [4.78, 5) is 36.1. The Kier molecular flexibility index (Phi) is 8.86. The van der Waals surface area contributed by atoms with Gasteiger partial charge in [-0.3, -0.25) is 14.4 Å². The highest BCUT2D eigenvalue weighted by Gasteiger charge is 2.17. The average Bonchev–Trinajstić information content (AvgIpc) is 2.71. The number of esters is 1. The summed E-state index contributed by atoms with van der Waals surface area (Å²) in [5.74, 6) is -1.06.